The maximum Gasteiger partial charge on any atom is 0.329 e. The highest BCUT2D eigenvalue weighted by Crippen LogP contribution is 2.37. The van der Waals surface area contributed by atoms with Gasteiger partial charge < -0.3 is 9.47 Å². The quantitative estimate of drug-likeness (QED) is 0.476. The summed E-state index contributed by atoms with van der Waals surface area (Å²) < 4.78 is 10.00. The number of aromatic nitrogens is 2. The maximum absolute atomic E-state index is 11.7. The number of carbonyl (C=O) groups is 2. The van der Waals surface area contributed by atoms with Crippen LogP contribution < -0.4 is 0 Å². The molecule has 0 spiro atoms. The lowest BCUT2D eigenvalue weighted by Crippen LogP contribution is -2.46. The fourth-order valence-corrected chi connectivity index (χ4v) is 1.96. The first-order chi connectivity index (χ1) is 9.94. The van der Waals surface area contributed by atoms with Gasteiger partial charge in [-0.2, -0.15) is 0 Å². The number of esters is 2. The zero-order valence-electron chi connectivity index (χ0n) is 11.8. The van der Waals surface area contributed by atoms with Crippen molar-refractivity contribution < 1.29 is 19.1 Å². The second-order valence-corrected chi connectivity index (χ2v) is 5.57. The van der Waals surface area contributed by atoms with E-state index in [9.17, 15) is 9.59 Å². The van der Waals surface area contributed by atoms with Crippen LogP contribution in [0.15, 0.2) is 17.4 Å². The third-order valence-electron chi connectivity index (χ3n) is 3.17. The number of hydrogen-bond donors (Lipinski definition) is 0. The fourth-order valence-electron chi connectivity index (χ4n) is 1.96. The highest BCUT2D eigenvalue weighted by molar-refractivity contribution is 6.10. The summed E-state index contributed by atoms with van der Waals surface area (Å²) in [6.07, 6.45) is 6.59. The van der Waals surface area contributed by atoms with Crippen molar-refractivity contribution in [3.05, 3.63) is 18.2 Å². The Kier molecular flexibility index (Phi) is 3.19. The molecule has 0 radical (unpaired) electrons. The molecule has 1 aliphatic carbocycles. The number of ether oxygens (including phenoxy) is 2. The Bertz CT molecular complexity index is 585. The van der Waals surface area contributed by atoms with Gasteiger partial charge in [0, 0.05) is 26.0 Å². The van der Waals surface area contributed by atoms with Crippen molar-refractivity contribution in [2.24, 2.45) is 10.9 Å². The van der Waals surface area contributed by atoms with E-state index in [0.717, 1.165) is 18.7 Å². The summed E-state index contributed by atoms with van der Waals surface area (Å²) in [7, 11) is 0. The average molecular weight is 289 g/mol. The van der Waals surface area contributed by atoms with Crippen LogP contribution in [0.1, 0.15) is 38.4 Å². The molecule has 7 nitrogen and oxygen atoms in total. The van der Waals surface area contributed by atoms with Crippen LogP contribution in [0.4, 0.5) is 5.69 Å². The van der Waals surface area contributed by atoms with Crippen LogP contribution in [0.3, 0.4) is 0 Å². The highest BCUT2D eigenvalue weighted by Gasteiger charge is 2.42. The zero-order valence-corrected chi connectivity index (χ0v) is 11.8. The molecule has 2 fully saturated rings. The van der Waals surface area contributed by atoms with Gasteiger partial charge in [-0.25, -0.2) is 9.97 Å². The molecular formula is C14H15N3O4. The molecular weight excluding hydrogens is 274 g/mol. The first kappa shape index (κ1) is 13.7. The Labute approximate surface area is 121 Å². The Morgan fingerprint density at radius 3 is 2.29 bits per heavy atom. The Hall–Kier alpha value is -2.31. The fraction of sp³-hybridized carbons (Fsp3) is 0.500. The topological polar surface area (TPSA) is 90.7 Å². The lowest BCUT2D eigenvalue weighted by molar-refractivity contribution is -0.235. The van der Waals surface area contributed by atoms with Crippen molar-refractivity contribution in [2.75, 3.05) is 0 Å². The van der Waals surface area contributed by atoms with E-state index in [4.69, 9.17) is 9.47 Å². The van der Waals surface area contributed by atoms with Gasteiger partial charge in [-0.1, -0.05) is 0 Å². The van der Waals surface area contributed by atoms with Crippen LogP contribution in [0, 0.1) is 5.92 Å². The van der Waals surface area contributed by atoms with E-state index in [1.54, 1.807) is 12.4 Å². The molecule has 1 saturated carbocycles. The van der Waals surface area contributed by atoms with Crippen molar-refractivity contribution in [1.29, 1.82) is 0 Å². The van der Waals surface area contributed by atoms with Crippen LogP contribution in [-0.4, -0.2) is 33.9 Å². The average Bonchev–Trinajstić information content (AvgIpc) is 3.21. The molecule has 2 aliphatic rings. The predicted octanol–water partition coefficient (Wildman–Crippen LogP) is 1.51. The number of rotatable bonds is 3. The molecule has 2 heterocycles. The van der Waals surface area contributed by atoms with Crippen molar-refractivity contribution in [1.82, 2.24) is 9.97 Å². The molecule has 3 rings (SSSR count). The van der Waals surface area contributed by atoms with Crippen LogP contribution in [0.5, 0.6) is 0 Å². The van der Waals surface area contributed by atoms with Gasteiger partial charge in [-0.15, -0.1) is 0 Å². The Morgan fingerprint density at radius 2 is 1.76 bits per heavy atom. The number of nitrogens with zero attached hydrogens (tertiary/aromatic N) is 3. The van der Waals surface area contributed by atoms with E-state index in [0.29, 0.717) is 11.6 Å². The minimum absolute atomic E-state index is 0.466. The van der Waals surface area contributed by atoms with Crippen LogP contribution in [0.2, 0.25) is 0 Å². The first-order valence-corrected chi connectivity index (χ1v) is 6.76. The summed E-state index contributed by atoms with van der Waals surface area (Å²) in [6.45, 7) is 3.00. The Balaban J connectivity index is 1.70. The van der Waals surface area contributed by atoms with Crippen molar-refractivity contribution >= 4 is 23.8 Å². The smallest absolute Gasteiger partial charge is 0.329 e. The Morgan fingerprint density at radius 1 is 1.19 bits per heavy atom. The molecule has 0 atom stereocenters. The highest BCUT2D eigenvalue weighted by atomic mass is 16.7. The molecule has 21 heavy (non-hydrogen) atoms. The van der Waals surface area contributed by atoms with Gasteiger partial charge >= 0.3 is 11.9 Å². The number of carbonyl (C=O) groups excluding carboxylic acids is 2. The first-order valence-electron chi connectivity index (χ1n) is 6.76. The largest absolute Gasteiger partial charge is 0.422 e. The molecule has 0 aromatic carbocycles. The molecule has 1 aromatic rings. The molecule has 110 valence electrons. The zero-order chi connectivity index (χ0) is 15.0. The molecule has 1 saturated heterocycles. The predicted molar refractivity (Wildman–Crippen MR) is 71.9 cm³/mol. The molecule has 7 heteroatoms. The minimum atomic E-state index is -1.23. The van der Waals surface area contributed by atoms with Crippen molar-refractivity contribution in [2.45, 2.75) is 38.4 Å². The van der Waals surface area contributed by atoms with Crippen molar-refractivity contribution in [3.63, 3.8) is 0 Å². The standard InChI is InChI=1S/C14H15N3O4/c1-14(2)20-12(18)10(13(19)21-14)7-15-9-5-16-11(17-6-9)8-3-4-8/h5-8,10H,3-4H2,1-2H3/b15-7+. The molecule has 0 unspecified atom stereocenters. The van der Waals surface area contributed by atoms with Gasteiger partial charge in [-0.3, -0.25) is 14.6 Å². The lowest BCUT2D eigenvalue weighted by atomic mass is 10.1. The van der Waals surface area contributed by atoms with Crippen LogP contribution in [0.25, 0.3) is 0 Å². The molecule has 1 aliphatic heterocycles. The van der Waals surface area contributed by atoms with E-state index >= 15 is 0 Å². The summed E-state index contributed by atoms with van der Waals surface area (Å²) in [5.41, 5.74) is 0.477. The number of aliphatic imine (C=N–C) groups is 1. The van der Waals surface area contributed by atoms with Gasteiger partial charge in [-0.05, 0) is 12.8 Å². The third-order valence-corrected chi connectivity index (χ3v) is 3.17. The molecule has 0 bridgehead atoms. The van der Waals surface area contributed by atoms with Gasteiger partial charge in [0.2, 0.25) is 0 Å². The third kappa shape index (κ3) is 3.07. The SMILES string of the molecule is CC1(C)OC(=O)C(/C=N/c2cnc(C3CC3)nc2)C(=O)O1. The van der Waals surface area contributed by atoms with Crippen LogP contribution >= 0.6 is 0 Å². The number of cyclic esters (lactones) is 2. The summed E-state index contributed by atoms with van der Waals surface area (Å²) >= 11 is 0. The number of hydrogen-bond acceptors (Lipinski definition) is 7. The van der Waals surface area contributed by atoms with Gasteiger partial charge in [0.25, 0.3) is 5.79 Å². The van der Waals surface area contributed by atoms with E-state index in [1.807, 2.05) is 0 Å². The minimum Gasteiger partial charge on any atom is -0.422 e. The summed E-state index contributed by atoms with van der Waals surface area (Å²) in [5, 5.41) is 0. The molecule has 0 amide bonds. The maximum atomic E-state index is 11.7. The lowest BCUT2D eigenvalue weighted by Gasteiger charge is -2.31. The molecule has 1 aromatic heterocycles. The van der Waals surface area contributed by atoms with Crippen molar-refractivity contribution in [3.8, 4) is 0 Å². The van der Waals surface area contributed by atoms with Gasteiger partial charge in [0.15, 0.2) is 5.92 Å². The van der Waals surface area contributed by atoms with Gasteiger partial charge in [0.05, 0.1) is 18.1 Å². The summed E-state index contributed by atoms with van der Waals surface area (Å²) in [5.74, 6) is -2.44. The van der Waals surface area contributed by atoms with E-state index in [-0.39, 0.29) is 0 Å². The van der Waals surface area contributed by atoms with Crippen LogP contribution in [-0.2, 0) is 19.1 Å². The van der Waals surface area contributed by atoms with E-state index in [2.05, 4.69) is 15.0 Å². The summed E-state index contributed by atoms with van der Waals surface area (Å²) in [6, 6.07) is 0. The van der Waals surface area contributed by atoms with E-state index in [1.165, 1.54) is 20.1 Å². The second kappa shape index (κ2) is 4.91. The summed E-state index contributed by atoms with van der Waals surface area (Å²) in [4.78, 5) is 36.0. The normalized spacial score (nSPS) is 22.2. The van der Waals surface area contributed by atoms with E-state index < -0.39 is 23.6 Å². The molecule has 0 N–H and O–H groups in total. The monoisotopic (exact) mass is 289 g/mol. The van der Waals surface area contributed by atoms with Gasteiger partial charge in [0.1, 0.15) is 5.82 Å². The second-order valence-electron chi connectivity index (χ2n) is 5.57.